The minimum Gasteiger partial charge on any atom is -0.324 e. The second-order valence-electron chi connectivity index (χ2n) is 7.48. The van der Waals surface area contributed by atoms with E-state index >= 15 is 0 Å². The van der Waals surface area contributed by atoms with E-state index in [-0.39, 0.29) is 10.0 Å². The van der Waals surface area contributed by atoms with Gasteiger partial charge in [0, 0.05) is 17.3 Å². The van der Waals surface area contributed by atoms with Crippen molar-refractivity contribution in [3.8, 4) is 0 Å². The number of rotatable bonds is 8. The molecule has 12 heteroatoms. The third-order valence-electron chi connectivity index (χ3n) is 4.78. The summed E-state index contributed by atoms with van der Waals surface area (Å²) in [7, 11) is -7.59. The van der Waals surface area contributed by atoms with Crippen molar-refractivity contribution >= 4 is 53.8 Å². The Labute approximate surface area is 197 Å². The normalized spacial score (nSPS) is 12.7. The van der Waals surface area contributed by atoms with Crippen LogP contribution in [0.2, 0.25) is 0 Å². The first-order chi connectivity index (χ1) is 15.4. The van der Waals surface area contributed by atoms with Gasteiger partial charge in [-0.15, -0.1) is 11.3 Å². The largest absolute Gasteiger partial charge is 0.324 e. The van der Waals surface area contributed by atoms with E-state index in [1.165, 1.54) is 37.4 Å². The number of amides is 1. The van der Waals surface area contributed by atoms with Gasteiger partial charge in [-0.3, -0.25) is 13.8 Å². The maximum absolute atomic E-state index is 12.9. The summed E-state index contributed by atoms with van der Waals surface area (Å²) in [5, 5.41) is 4.54. The summed E-state index contributed by atoms with van der Waals surface area (Å²) in [5.74, 6) is -0.558. The lowest BCUT2D eigenvalue weighted by Crippen LogP contribution is -2.45. The van der Waals surface area contributed by atoms with E-state index in [1.54, 1.807) is 24.4 Å². The van der Waals surface area contributed by atoms with Crippen molar-refractivity contribution in [3.63, 3.8) is 0 Å². The molecule has 33 heavy (non-hydrogen) atoms. The van der Waals surface area contributed by atoms with Crippen LogP contribution in [0.4, 0.5) is 16.5 Å². The molecular weight excluding hydrogens is 484 g/mol. The van der Waals surface area contributed by atoms with Crippen LogP contribution in [-0.2, 0) is 24.8 Å². The maximum atomic E-state index is 12.9. The fourth-order valence-electron chi connectivity index (χ4n) is 3.15. The highest BCUT2D eigenvalue weighted by molar-refractivity contribution is 7.93. The molecule has 0 radical (unpaired) electrons. The van der Waals surface area contributed by atoms with Crippen LogP contribution in [-0.4, -0.2) is 40.0 Å². The predicted octanol–water partition coefficient (Wildman–Crippen LogP) is 3.35. The minimum atomic E-state index is -3.82. The Morgan fingerprint density at radius 1 is 1.06 bits per heavy atom. The molecule has 0 saturated carbocycles. The number of thiazole rings is 1. The van der Waals surface area contributed by atoms with E-state index < -0.39 is 32.0 Å². The molecule has 2 N–H and O–H groups in total. The number of nitrogens with one attached hydrogen (secondary N) is 2. The summed E-state index contributed by atoms with van der Waals surface area (Å²) in [6.07, 6.45) is 2.54. The van der Waals surface area contributed by atoms with Gasteiger partial charge < -0.3 is 5.32 Å². The van der Waals surface area contributed by atoms with E-state index in [0.29, 0.717) is 16.9 Å². The van der Waals surface area contributed by atoms with Gasteiger partial charge in [0.1, 0.15) is 6.04 Å². The lowest BCUT2D eigenvalue weighted by molar-refractivity contribution is -0.116. The Morgan fingerprint density at radius 2 is 1.73 bits per heavy atom. The van der Waals surface area contributed by atoms with Crippen LogP contribution >= 0.6 is 11.3 Å². The van der Waals surface area contributed by atoms with Crippen LogP contribution in [0, 0.1) is 13.8 Å². The number of benzene rings is 2. The molecule has 0 bridgehead atoms. The van der Waals surface area contributed by atoms with E-state index in [4.69, 9.17) is 0 Å². The summed E-state index contributed by atoms with van der Waals surface area (Å²) >= 11 is 1.15. The van der Waals surface area contributed by atoms with Crippen molar-refractivity contribution in [2.24, 2.45) is 0 Å². The molecule has 3 rings (SSSR count). The van der Waals surface area contributed by atoms with Crippen LogP contribution < -0.4 is 14.3 Å². The first-order valence-electron chi connectivity index (χ1n) is 9.78. The van der Waals surface area contributed by atoms with Crippen LogP contribution in [0.3, 0.4) is 0 Å². The van der Waals surface area contributed by atoms with Gasteiger partial charge in [0.2, 0.25) is 15.9 Å². The minimum absolute atomic E-state index is 0.00287. The Kier molecular flexibility index (Phi) is 7.10. The molecule has 0 fully saturated rings. The summed E-state index contributed by atoms with van der Waals surface area (Å²) in [6, 6.07) is 9.89. The second kappa shape index (κ2) is 9.49. The van der Waals surface area contributed by atoms with E-state index in [9.17, 15) is 21.6 Å². The van der Waals surface area contributed by atoms with Crippen LogP contribution in [0.5, 0.6) is 0 Å². The van der Waals surface area contributed by atoms with Gasteiger partial charge in [0.15, 0.2) is 5.13 Å². The first kappa shape index (κ1) is 24.7. The zero-order valence-corrected chi connectivity index (χ0v) is 20.9. The van der Waals surface area contributed by atoms with Gasteiger partial charge in [-0.25, -0.2) is 21.8 Å². The Morgan fingerprint density at radius 3 is 2.30 bits per heavy atom. The molecule has 176 valence electrons. The van der Waals surface area contributed by atoms with Gasteiger partial charge in [-0.2, -0.15) is 0 Å². The molecule has 0 saturated heterocycles. The molecule has 0 spiro atoms. The number of hydrogen-bond donors (Lipinski definition) is 2. The second-order valence-corrected chi connectivity index (χ2v) is 11.9. The number of carbonyl (C=O) groups is 1. The van der Waals surface area contributed by atoms with Crippen molar-refractivity contribution in [1.82, 2.24) is 4.98 Å². The zero-order valence-electron chi connectivity index (χ0n) is 18.4. The van der Waals surface area contributed by atoms with Gasteiger partial charge in [0.05, 0.1) is 16.8 Å². The summed E-state index contributed by atoms with van der Waals surface area (Å²) in [5.41, 5.74) is 2.33. The van der Waals surface area contributed by atoms with Gasteiger partial charge in [-0.05, 0) is 62.2 Å². The lowest BCUT2D eigenvalue weighted by atomic mass is 10.1. The highest BCUT2D eigenvalue weighted by Gasteiger charge is 2.30. The lowest BCUT2D eigenvalue weighted by Gasteiger charge is -2.29. The molecule has 0 aliphatic heterocycles. The molecule has 0 aliphatic rings. The molecule has 1 aromatic heterocycles. The molecule has 9 nitrogen and oxygen atoms in total. The third kappa shape index (κ3) is 5.89. The molecule has 0 aliphatic carbocycles. The monoisotopic (exact) mass is 508 g/mol. The van der Waals surface area contributed by atoms with Crippen molar-refractivity contribution < 1.29 is 21.6 Å². The number of carbonyl (C=O) groups excluding carboxylic acids is 1. The highest BCUT2D eigenvalue weighted by atomic mass is 32.2. The number of nitrogens with zero attached hydrogens (tertiary/aromatic N) is 2. The number of anilines is 3. The molecule has 1 amide bonds. The highest BCUT2D eigenvalue weighted by Crippen LogP contribution is 2.27. The van der Waals surface area contributed by atoms with Crippen LogP contribution in [0.25, 0.3) is 0 Å². The quantitative estimate of drug-likeness (QED) is 0.481. The number of sulfonamides is 2. The van der Waals surface area contributed by atoms with Crippen molar-refractivity contribution in [2.75, 3.05) is 20.6 Å². The predicted molar refractivity (Wildman–Crippen MR) is 131 cm³/mol. The van der Waals surface area contributed by atoms with Crippen LogP contribution in [0.1, 0.15) is 18.1 Å². The first-order valence-corrected chi connectivity index (χ1v) is 14.0. The standard InChI is InChI=1S/C21H24N4O5S3/c1-14-5-6-15(2)19(13-14)25(32(4,27)28)16(3)20(26)23-17-7-9-18(10-8-17)33(29,30)24-21-22-11-12-31-21/h5-13,16H,1-4H3,(H,22,24)(H,23,26)/t16-/m1/s1. The average molecular weight is 509 g/mol. The molecule has 1 heterocycles. The molecule has 1 atom stereocenters. The number of hydrogen-bond acceptors (Lipinski definition) is 7. The summed E-state index contributed by atoms with van der Waals surface area (Å²) < 4.78 is 53.5. The van der Waals surface area contributed by atoms with Gasteiger partial charge in [0.25, 0.3) is 10.0 Å². The van der Waals surface area contributed by atoms with Crippen molar-refractivity contribution in [3.05, 3.63) is 65.2 Å². The fourth-order valence-corrected chi connectivity index (χ4v) is 6.16. The Balaban J connectivity index is 1.80. The smallest absolute Gasteiger partial charge is 0.263 e. The van der Waals surface area contributed by atoms with Crippen molar-refractivity contribution in [1.29, 1.82) is 0 Å². The van der Waals surface area contributed by atoms with Crippen LogP contribution in [0.15, 0.2) is 58.9 Å². The van der Waals surface area contributed by atoms with E-state index in [2.05, 4.69) is 15.0 Å². The van der Waals surface area contributed by atoms with Gasteiger partial charge >= 0.3 is 0 Å². The van der Waals surface area contributed by atoms with E-state index in [1.807, 2.05) is 13.0 Å². The number of aromatic nitrogens is 1. The topological polar surface area (TPSA) is 126 Å². The zero-order chi connectivity index (χ0) is 24.4. The summed E-state index contributed by atoms with van der Waals surface area (Å²) in [6.45, 7) is 5.11. The molecule has 0 unspecified atom stereocenters. The third-order valence-corrected chi connectivity index (χ3v) is 8.18. The fraction of sp³-hybridized carbons (Fsp3) is 0.238. The SMILES string of the molecule is Cc1ccc(C)c(N([C@H](C)C(=O)Nc2ccc(S(=O)(=O)Nc3nccs3)cc2)S(C)(=O)=O)c1. The molecule has 3 aromatic rings. The number of aryl methyl sites for hydroxylation is 2. The Hall–Kier alpha value is -2.96. The molecular formula is C21H24N4O5S3. The van der Waals surface area contributed by atoms with E-state index in [0.717, 1.165) is 27.5 Å². The molecule has 2 aromatic carbocycles. The Bertz CT molecular complexity index is 1350. The maximum Gasteiger partial charge on any atom is 0.263 e. The van der Waals surface area contributed by atoms with Crippen molar-refractivity contribution in [2.45, 2.75) is 31.7 Å². The average Bonchev–Trinajstić information content (AvgIpc) is 3.22. The summed E-state index contributed by atoms with van der Waals surface area (Å²) in [4.78, 5) is 16.8. The van der Waals surface area contributed by atoms with Gasteiger partial charge in [-0.1, -0.05) is 12.1 Å².